The van der Waals surface area contributed by atoms with Crippen molar-refractivity contribution in [3.63, 3.8) is 0 Å². The molecule has 1 N–H and O–H groups in total. The van der Waals surface area contributed by atoms with Crippen molar-refractivity contribution in [2.75, 3.05) is 6.54 Å². The minimum Gasteiger partial charge on any atom is -0.346 e. The maximum absolute atomic E-state index is 14.5. The Balaban J connectivity index is 1.78. The molecule has 0 spiro atoms. The van der Waals surface area contributed by atoms with Crippen LogP contribution in [-0.4, -0.2) is 27.4 Å². The Bertz CT molecular complexity index is 1110. The molecule has 0 aliphatic carbocycles. The van der Waals surface area contributed by atoms with E-state index < -0.39 is 47.2 Å². The van der Waals surface area contributed by atoms with Gasteiger partial charge in [-0.05, 0) is 41.4 Å². The maximum atomic E-state index is 14.5. The minimum absolute atomic E-state index is 0.0505. The van der Waals surface area contributed by atoms with Gasteiger partial charge in [-0.25, -0.2) is 14.4 Å². The van der Waals surface area contributed by atoms with Crippen LogP contribution in [0.3, 0.4) is 0 Å². The molecule has 1 aromatic carbocycles. The molecule has 162 valence electrons. The highest BCUT2D eigenvalue weighted by Crippen LogP contribution is 2.33. The maximum Gasteiger partial charge on any atom is 0.434 e. The molecule has 1 amide bonds. The van der Waals surface area contributed by atoms with Crippen LogP contribution in [0.2, 0.25) is 5.28 Å². The summed E-state index contributed by atoms with van der Waals surface area (Å²) in [5.74, 6) is -6.62. The van der Waals surface area contributed by atoms with Crippen molar-refractivity contribution in [1.29, 1.82) is 0 Å². The molecule has 2 aromatic heterocycles. The predicted octanol–water partition coefficient (Wildman–Crippen LogP) is 4.87. The molecule has 0 unspecified atom stereocenters. The first kappa shape index (κ1) is 22.5. The first-order valence-electron chi connectivity index (χ1n) is 8.45. The van der Waals surface area contributed by atoms with Crippen LogP contribution < -0.4 is 5.32 Å². The van der Waals surface area contributed by atoms with E-state index in [2.05, 4.69) is 15.0 Å². The molecule has 12 heteroatoms. The highest BCUT2D eigenvalue weighted by atomic mass is 35.5. The van der Waals surface area contributed by atoms with E-state index in [-0.39, 0.29) is 10.8 Å². The fraction of sp³-hybridized carbons (Fsp3) is 0.158. The van der Waals surface area contributed by atoms with Crippen LogP contribution in [0.15, 0.2) is 48.9 Å². The Morgan fingerprint density at radius 1 is 1.00 bits per heavy atom. The topological polar surface area (TPSA) is 67.8 Å². The fourth-order valence-corrected chi connectivity index (χ4v) is 2.75. The first-order chi connectivity index (χ1) is 14.5. The lowest BCUT2D eigenvalue weighted by Crippen LogP contribution is -2.36. The summed E-state index contributed by atoms with van der Waals surface area (Å²) in [6.07, 6.45) is -1.59. The lowest BCUT2D eigenvalue weighted by molar-refractivity contribution is -0.141. The van der Waals surface area contributed by atoms with Crippen LogP contribution in [-0.2, 0) is 12.1 Å². The number of hydrogen-bond donors (Lipinski definition) is 1. The van der Waals surface area contributed by atoms with Crippen LogP contribution in [0.5, 0.6) is 0 Å². The molecule has 2 heterocycles. The van der Waals surface area contributed by atoms with E-state index in [9.17, 15) is 31.1 Å². The number of amides is 1. The zero-order valence-corrected chi connectivity index (χ0v) is 16.0. The summed E-state index contributed by atoms with van der Waals surface area (Å²) in [4.78, 5) is 22.5. The standard InChI is InChI=1S/C19H11ClF6N4O/c20-17-28-7-11(8-29-17)10-3-4-13(14(21)6-10)18(22,23)9-30-16(31)12-2-1-5-27-15(12)19(24,25)26/h1-8H,9H2,(H,30,31). The quantitative estimate of drug-likeness (QED) is 0.436. The van der Waals surface area contributed by atoms with Gasteiger partial charge in [-0.1, -0.05) is 6.07 Å². The second-order valence-corrected chi connectivity index (χ2v) is 6.56. The van der Waals surface area contributed by atoms with Gasteiger partial charge in [0.2, 0.25) is 5.28 Å². The van der Waals surface area contributed by atoms with Crippen molar-refractivity contribution in [3.8, 4) is 11.1 Å². The van der Waals surface area contributed by atoms with Gasteiger partial charge in [0.05, 0.1) is 17.7 Å². The third-order valence-electron chi connectivity index (χ3n) is 4.11. The van der Waals surface area contributed by atoms with Gasteiger partial charge in [-0.3, -0.25) is 9.78 Å². The summed E-state index contributed by atoms with van der Waals surface area (Å²) in [5.41, 5.74) is -2.97. The molecule has 5 nitrogen and oxygen atoms in total. The number of alkyl halides is 5. The third kappa shape index (κ3) is 5.10. The Kier molecular flexibility index (Phi) is 6.16. The SMILES string of the molecule is O=C(NCC(F)(F)c1ccc(-c2cnc(Cl)nc2)cc1F)c1cccnc1C(F)(F)F. The summed E-state index contributed by atoms with van der Waals surface area (Å²) in [7, 11) is 0. The van der Waals surface area contributed by atoms with Crippen LogP contribution in [0.4, 0.5) is 26.3 Å². The summed E-state index contributed by atoms with van der Waals surface area (Å²) >= 11 is 5.56. The molecule has 0 bridgehead atoms. The van der Waals surface area contributed by atoms with E-state index >= 15 is 0 Å². The zero-order valence-electron chi connectivity index (χ0n) is 15.2. The number of benzene rings is 1. The second kappa shape index (κ2) is 8.50. The lowest BCUT2D eigenvalue weighted by Gasteiger charge is -2.19. The molecular formula is C19H11ClF6N4O. The molecule has 0 radical (unpaired) electrons. The van der Waals surface area contributed by atoms with E-state index in [0.29, 0.717) is 5.56 Å². The number of pyridine rings is 1. The van der Waals surface area contributed by atoms with E-state index in [0.717, 1.165) is 30.5 Å². The monoisotopic (exact) mass is 460 g/mol. The average Bonchev–Trinajstić information content (AvgIpc) is 2.71. The molecule has 31 heavy (non-hydrogen) atoms. The highest BCUT2D eigenvalue weighted by Gasteiger charge is 2.39. The van der Waals surface area contributed by atoms with Gasteiger partial charge >= 0.3 is 6.18 Å². The molecule has 0 fully saturated rings. The molecular weight excluding hydrogens is 450 g/mol. The van der Waals surface area contributed by atoms with E-state index in [1.807, 2.05) is 0 Å². The molecule has 0 saturated heterocycles. The van der Waals surface area contributed by atoms with Gasteiger partial charge in [0.15, 0.2) is 5.69 Å². The van der Waals surface area contributed by atoms with E-state index in [1.165, 1.54) is 18.5 Å². The number of halogens is 7. The molecule has 3 rings (SSSR count). The number of rotatable bonds is 5. The van der Waals surface area contributed by atoms with Crippen molar-refractivity contribution in [3.05, 3.63) is 76.8 Å². The van der Waals surface area contributed by atoms with Gasteiger partial charge < -0.3 is 5.32 Å². The smallest absolute Gasteiger partial charge is 0.346 e. The summed E-state index contributed by atoms with van der Waals surface area (Å²) in [6, 6.07) is 4.66. The lowest BCUT2D eigenvalue weighted by atomic mass is 10.0. The molecule has 0 aliphatic rings. The van der Waals surface area contributed by atoms with Crippen LogP contribution in [0.25, 0.3) is 11.1 Å². The van der Waals surface area contributed by atoms with E-state index in [1.54, 1.807) is 5.32 Å². The number of carbonyl (C=O) groups is 1. The van der Waals surface area contributed by atoms with Gasteiger partial charge in [0.25, 0.3) is 11.8 Å². The Labute approximate surface area is 176 Å². The highest BCUT2D eigenvalue weighted by molar-refractivity contribution is 6.28. The number of carbonyl (C=O) groups excluding carboxylic acids is 1. The fourth-order valence-electron chi connectivity index (χ4n) is 2.65. The number of hydrogen-bond acceptors (Lipinski definition) is 4. The van der Waals surface area contributed by atoms with Gasteiger partial charge in [0, 0.05) is 24.2 Å². The van der Waals surface area contributed by atoms with Crippen molar-refractivity contribution < 1.29 is 31.1 Å². The van der Waals surface area contributed by atoms with Gasteiger partial charge in [-0.2, -0.15) is 22.0 Å². The normalized spacial score (nSPS) is 12.0. The average molecular weight is 461 g/mol. The van der Waals surface area contributed by atoms with Crippen LogP contribution >= 0.6 is 11.6 Å². The molecule has 0 aliphatic heterocycles. The van der Waals surface area contributed by atoms with Crippen molar-refractivity contribution in [1.82, 2.24) is 20.3 Å². The number of aromatic nitrogens is 3. The Hall–Kier alpha value is -3.21. The number of nitrogens with zero attached hydrogens (tertiary/aromatic N) is 3. The minimum atomic E-state index is -4.95. The second-order valence-electron chi connectivity index (χ2n) is 6.22. The third-order valence-corrected chi connectivity index (χ3v) is 4.30. The predicted molar refractivity (Wildman–Crippen MR) is 97.9 cm³/mol. The Morgan fingerprint density at radius 2 is 1.68 bits per heavy atom. The summed E-state index contributed by atoms with van der Waals surface area (Å²) < 4.78 is 82.2. The largest absolute Gasteiger partial charge is 0.434 e. The van der Waals surface area contributed by atoms with Crippen molar-refractivity contribution >= 4 is 17.5 Å². The van der Waals surface area contributed by atoms with E-state index in [4.69, 9.17) is 11.6 Å². The van der Waals surface area contributed by atoms with Crippen molar-refractivity contribution in [2.24, 2.45) is 0 Å². The summed E-state index contributed by atoms with van der Waals surface area (Å²) in [5, 5.41) is 1.65. The molecule has 0 atom stereocenters. The van der Waals surface area contributed by atoms with Crippen molar-refractivity contribution in [2.45, 2.75) is 12.1 Å². The Morgan fingerprint density at radius 3 is 2.29 bits per heavy atom. The number of nitrogens with one attached hydrogen (secondary N) is 1. The zero-order chi connectivity index (χ0) is 22.8. The van der Waals surface area contributed by atoms with Gasteiger partial charge in [-0.15, -0.1) is 0 Å². The molecule has 3 aromatic rings. The van der Waals surface area contributed by atoms with Gasteiger partial charge in [0.1, 0.15) is 5.82 Å². The summed E-state index contributed by atoms with van der Waals surface area (Å²) in [6.45, 7) is -1.43. The first-order valence-corrected chi connectivity index (χ1v) is 8.83. The molecule has 0 saturated carbocycles. The van der Waals surface area contributed by atoms with Crippen LogP contribution in [0, 0.1) is 5.82 Å². The van der Waals surface area contributed by atoms with Crippen LogP contribution in [0.1, 0.15) is 21.6 Å².